The molecule has 194 valence electrons. The molecule has 0 unspecified atom stereocenters. The second kappa shape index (κ2) is 16.5. The normalized spacial score (nSPS) is 9.95. The average molecular weight is 625 g/mol. The Hall–Kier alpha value is -1.44. The number of rotatable bonds is 4. The number of halogens is 2. The van der Waals surface area contributed by atoms with E-state index in [2.05, 4.69) is 120 Å². The standard InChI is InChI=1S/2C13H15.C7H8Si.2ClH.Zr/c2*1-4-12-10(3)5-6-11-7-9(2)8-13(11)12;8-6-7-4-2-1-3-5-7;;;/h2*5-8H,4H2,1-3H3;1-5,8H,6H2;2*1H;/q2*-1;;;;+2/p-2. The molecule has 0 atom stereocenters. The topological polar surface area (TPSA) is 0 Å². The first kappa shape index (κ1) is 33.6. The van der Waals surface area contributed by atoms with Crippen molar-refractivity contribution in [2.75, 3.05) is 0 Å². The van der Waals surface area contributed by atoms with Crippen LogP contribution in [0.1, 0.15) is 52.8 Å². The molecule has 0 saturated carbocycles. The molecule has 0 aliphatic heterocycles. The van der Waals surface area contributed by atoms with Gasteiger partial charge in [0.25, 0.3) is 0 Å². The third kappa shape index (κ3) is 9.07. The molecule has 4 heteroatoms. The molecule has 0 heterocycles. The molecule has 0 aliphatic carbocycles. The van der Waals surface area contributed by atoms with E-state index in [1.165, 1.54) is 66.5 Å². The molecule has 37 heavy (non-hydrogen) atoms. The maximum atomic E-state index is 2.29. The summed E-state index contributed by atoms with van der Waals surface area (Å²) in [6.45, 7) is 13.2. The van der Waals surface area contributed by atoms with Gasteiger partial charge in [-0.05, 0) is 26.7 Å². The van der Waals surface area contributed by atoms with Crippen LogP contribution in [0.15, 0.2) is 78.9 Å². The molecule has 0 amide bonds. The van der Waals surface area contributed by atoms with Crippen molar-refractivity contribution in [1.29, 1.82) is 0 Å². The van der Waals surface area contributed by atoms with Crippen LogP contribution in [0.2, 0.25) is 0 Å². The molecule has 0 fully saturated rings. The molecule has 0 saturated heterocycles. The maximum absolute atomic E-state index is 2.29. The van der Waals surface area contributed by atoms with Crippen LogP contribution < -0.4 is 24.8 Å². The van der Waals surface area contributed by atoms with Crippen LogP contribution in [0.3, 0.4) is 0 Å². The minimum absolute atomic E-state index is 0. The molecule has 5 aromatic carbocycles. The summed E-state index contributed by atoms with van der Waals surface area (Å²) >= 11 is 1.72. The van der Waals surface area contributed by atoms with Gasteiger partial charge >= 0.3 is 71.4 Å². The fourth-order valence-corrected chi connectivity index (χ4v) is 7.12. The molecule has 0 aliphatic rings. The number of hydrogen-bond donors (Lipinski definition) is 0. The van der Waals surface area contributed by atoms with Gasteiger partial charge in [-0.1, -0.05) is 49.9 Å². The Balaban J connectivity index is 0.000000275. The molecule has 0 N–H and O–H groups in total. The van der Waals surface area contributed by atoms with E-state index in [0.717, 1.165) is 12.8 Å². The van der Waals surface area contributed by atoms with Gasteiger partial charge in [-0.3, -0.25) is 0 Å². The Kier molecular flexibility index (Phi) is 15.0. The van der Waals surface area contributed by atoms with Crippen LogP contribution in [-0.4, -0.2) is 6.16 Å². The number of aryl methyl sites for hydroxylation is 6. The summed E-state index contributed by atoms with van der Waals surface area (Å²) in [5.41, 5.74) is 10.1. The van der Waals surface area contributed by atoms with Gasteiger partial charge in [0.1, 0.15) is 0 Å². The van der Waals surface area contributed by atoms with Crippen molar-refractivity contribution in [3.8, 4) is 0 Å². The fourth-order valence-electron chi connectivity index (χ4n) is 4.88. The monoisotopic (exact) mass is 622 g/mol. The summed E-state index contributed by atoms with van der Waals surface area (Å²) in [5.74, 6) is 0. The third-order valence-electron chi connectivity index (χ3n) is 6.65. The van der Waals surface area contributed by atoms with Crippen LogP contribution >= 0.6 is 0 Å². The second-order valence-electron chi connectivity index (χ2n) is 9.39. The molecule has 5 aromatic rings. The quantitative estimate of drug-likeness (QED) is 0.213. The van der Waals surface area contributed by atoms with E-state index in [0.29, 0.717) is 6.16 Å². The fraction of sp³-hybridized carbons (Fsp3) is 0.273. The predicted octanol–water partition coefficient (Wildman–Crippen LogP) is 2.57. The third-order valence-corrected chi connectivity index (χ3v) is 8.83. The van der Waals surface area contributed by atoms with E-state index in [-0.39, 0.29) is 24.8 Å². The van der Waals surface area contributed by atoms with Gasteiger partial charge < -0.3 is 24.8 Å². The Morgan fingerprint density at radius 3 is 1.46 bits per heavy atom. The molecular formula is C33H38Cl2SiZr-2. The second-order valence-corrected chi connectivity index (χ2v) is 13.2. The van der Waals surface area contributed by atoms with Crippen molar-refractivity contribution in [2.45, 2.75) is 60.4 Å². The molecule has 5 rings (SSSR count). The zero-order valence-corrected chi connectivity index (χ0v) is 28.1. The first-order chi connectivity index (χ1) is 16.9. The summed E-state index contributed by atoms with van der Waals surface area (Å²) < 4.78 is 0. The zero-order chi connectivity index (χ0) is 25.4. The Labute approximate surface area is 252 Å². The van der Waals surface area contributed by atoms with Gasteiger partial charge in [-0.15, -0.1) is 69.1 Å². The van der Waals surface area contributed by atoms with E-state index in [1.54, 1.807) is 23.3 Å². The van der Waals surface area contributed by atoms with Crippen LogP contribution in [0.5, 0.6) is 0 Å². The summed E-state index contributed by atoms with van der Waals surface area (Å²) in [7, 11) is 0. The van der Waals surface area contributed by atoms with E-state index < -0.39 is 0 Å². The van der Waals surface area contributed by atoms with Gasteiger partial charge in [-0.25, -0.2) is 0 Å². The summed E-state index contributed by atoms with van der Waals surface area (Å²) in [5, 5.41) is 5.67. The SMILES string of the molecule is CCc1c(C)ccc2[cH-]c(C)cc12.CCc1c(C)ccc2[cH-]c(C)cc12.[Cl-].[Cl-].[Zr+2]=[SiH]Cc1ccccc1. The number of benzene rings is 3. The van der Waals surface area contributed by atoms with Crippen molar-refractivity contribution >= 4 is 27.7 Å². The minimum atomic E-state index is 0. The zero-order valence-electron chi connectivity index (χ0n) is 23.0. The molecule has 0 bridgehead atoms. The van der Waals surface area contributed by atoms with Crippen molar-refractivity contribution in [3.63, 3.8) is 0 Å². The molecule has 0 spiro atoms. The number of fused-ring (bicyclic) bond motifs is 2. The van der Waals surface area contributed by atoms with Crippen molar-refractivity contribution in [2.24, 2.45) is 0 Å². The Morgan fingerprint density at radius 2 is 1.08 bits per heavy atom. The van der Waals surface area contributed by atoms with Crippen LogP contribution in [-0.2, 0) is 42.2 Å². The van der Waals surface area contributed by atoms with Crippen molar-refractivity contribution in [3.05, 3.63) is 118 Å². The summed E-state index contributed by atoms with van der Waals surface area (Å²) in [4.78, 5) is 0. The van der Waals surface area contributed by atoms with Crippen molar-refractivity contribution < 1.29 is 48.1 Å². The average Bonchev–Trinajstić information content (AvgIpc) is 3.42. The Bertz CT molecular complexity index is 1310. The molecule has 0 aromatic heterocycles. The van der Waals surface area contributed by atoms with Crippen LogP contribution in [0.4, 0.5) is 0 Å². The number of hydrogen-bond acceptors (Lipinski definition) is 0. The van der Waals surface area contributed by atoms with E-state index in [1.807, 2.05) is 0 Å². The summed E-state index contributed by atoms with van der Waals surface area (Å²) in [6, 6.07) is 30.0. The van der Waals surface area contributed by atoms with E-state index in [9.17, 15) is 0 Å². The molecule has 0 nitrogen and oxygen atoms in total. The molecular weight excluding hydrogens is 587 g/mol. The van der Waals surface area contributed by atoms with Gasteiger partial charge in [0.15, 0.2) is 0 Å². The van der Waals surface area contributed by atoms with Crippen LogP contribution in [0, 0.1) is 27.7 Å². The van der Waals surface area contributed by atoms with E-state index in [4.69, 9.17) is 0 Å². The van der Waals surface area contributed by atoms with E-state index >= 15 is 0 Å². The summed E-state index contributed by atoms with van der Waals surface area (Å²) in [6.07, 6.45) is 2.98. The first-order valence-corrected chi connectivity index (χ1v) is 18.4. The van der Waals surface area contributed by atoms with Crippen LogP contribution in [0.25, 0.3) is 21.5 Å². The van der Waals surface area contributed by atoms with Gasteiger partial charge in [0.05, 0.1) is 0 Å². The Morgan fingerprint density at radius 1 is 0.649 bits per heavy atom. The van der Waals surface area contributed by atoms with Gasteiger partial charge in [-0.2, -0.15) is 12.1 Å². The van der Waals surface area contributed by atoms with Gasteiger partial charge in [0.2, 0.25) is 0 Å². The van der Waals surface area contributed by atoms with Crippen molar-refractivity contribution in [1.82, 2.24) is 0 Å². The first-order valence-electron chi connectivity index (χ1n) is 12.7. The van der Waals surface area contributed by atoms with Gasteiger partial charge in [0, 0.05) is 0 Å². The molecule has 0 radical (unpaired) electrons. The predicted molar refractivity (Wildman–Crippen MR) is 154 cm³/mol.